The predicted octanol–water partition coefficient (Wildman–Crippen LogP) is 1.56. The minimum atomic E-state index is 0.0434. The SMILES string of the molecule is C=CC(=O)N1C2CC[C@H]1CC(Oc1ncccn1)C2. The van der Waals surface area contributed by atoms with Crippen LogP contribution in [0.3, 0.4) is 0 Å². The van der Waals surface area contributed by atoms with Gasteiger partial charge in [-0.1, -0.05) is 6.58 Å². The molecule has 3 heterocycles. The van der Waals surface area contributed by atoms with E-state index in [2.05, 4.69) is 16.5 Å². The molecule has 2 aliphatic heterocycles. The number of hydrogen-bond donors (Lipinski definition) is 0. The third-order valence-electron chi connectivity index (χ3n) is 3.93. The molecule has 0 saturated carbocycles. The molecule has 2 bridgehead atoms. The van der Waals surface area contributed by atoms with Gasteiger partial charge in [-0.15, -0.1) is 0 Å². The highest BCUT2D eigenvalue weighted by atomic mass is 16.5. The number of amides is 1. The zero-order chi connectivity index (χ0) is 13.2. The van der Waals surface area contributed by atoms with Crippen molar-refractivity contribution in [1.29, 1.82) is 0 Å². The molecule has 1 aromatic heterocycles. The van der Waals surface area contributed by atoms with Crippen LogP contribution in [0, 0.1) is 0 Å². The lowest BCUT2D eigenvalue weighted by Gasteiger charge is -2.37. The van der Waals surface area contributed by atoms with E-state index >= 15 is 0 Å². The van der Waals surface area contributed by atoms with Crippen LogP contribution in [-0.4, -0.2) is 39.0 Å². The Hall–Kier alpha value is -1.91. The van der Waals surface area contributed by atoms with Crippen molar-refractivity contribution in [2.24, 2.45) is 0 Å². The molecule has 5 heteroatoms. The number of fused-ring (bicyclic) bond motifs is 2. The lowest BCUT2D eigenvalue weighted by Crippen LogP contribution is -2.48. The van der Waals surface area contributed by atoms with E-state index in [-0.39, 0.29) is 24.1 Å². The second-order valence-electron chi connectivity index (χ2n) is 5.08. The molecule has 3 atom stereocenters. The van der Waals surface area contributed by atoms with Crippen molar-refractivity contribution in [3.8, 4) is 6.01 Å². The highest BCUT2D eigenvalue weighted by Gasteiger charge is 2.43. The Kier molecular flexibility index (Phi) is 3.19. The van der Waals surface area contributed by atoms with Gasteiger partial charge >= 0.3 is 6.01 Å². The van der Waals surface area contributed by atoms with Crippen LogP contribution in [0.4, 0.5) is 0 Å². The maximum absolute atomic E-state index is 11.8. The molecule has 0 N–H and O–H groups in total. The molecule has 0 radical (unpaired) electrons. The molecule has 100 valence electrons. The lowest BCUT2D eigenvalue weighted by molar-refractivity contribution is -0.131. The first kappa shape index (κ1) is 12.1. The van der Waals surface area contributed by atoms with Gasteiger partial charge in [0.2, 0.25) is 5.91 Å². The Balaban J connectivity index is 1.67. The summed E-state index contributed by atoms with van der Waals surface area (Å²) in [4.78, 5) is 22.0. The zero-order valence-electron chi connectivity index (χ0n) is 10.7. The Morgan fingerprint density at radius 3 is 2.53 bits per heavy atom. The Morgan fingerprint density at radius 2 is 1.95 bits per heavy atom. The van der Waals surface area contributed by atoms with Crippen LogP contribution >= 0.6 is 0 Å². The minimum Gasteiger partial charge on any atom is -0.460 e. The second kappa shape index (κ2) is 4.99. The number of nitrogens with zero attached hydrogens (tertiary/aromatic N) is 3. The van der Waals surface area contributed by atoms with E-state index in [9.17, 15) is 4.79 Å². The second-order valence-corrected chi connectivity index (χ2v) is 5.08. The first-order chi connectivity index (χ1) is 9.28. The number of hydrogen-bond acceptors (Lipinski definition) is 4. The van der Waals surface area contributed by atoms with Crippen molar-refractivity contribution in [2.75, 3.05) is 0 Å². The topological polar surface area (TPSA) is 55.3 Å². The van der Waals surface area contributed by atoms with Crippen molar-refractivity contribution in [3.63, 3.8) is 0 Å². The molecule has 2 unspecified atom stereocenters. The van der Waals surface area contributed by atoms with Gasteiger partial charge in [0, 0.05) is 37.3 Å². The highest BCUT2D eigenvalue weighted by molar-refractivity contribution is 5.87. The van der Waals surface area contributed by atoms with Crippen molar-refractivity contribution >= 4 is 5.91 Å². The van der Waals surface area contributed by atoms with E-state index in [1.165, 1.54) is 6.08 Å². The third-order valence-corrected chi connectivity index (χ3v) is 3.93. The summed E-state index contributed by atoms with van der Waals surface area (Å²) in [5, 5.41) is 0. The summed E-state index contributed by atoms with van der Waals surface area (Å²) >= 11 is 0. The van der Waals surface area contributed by atoms with Gasteiger partial charge in [0.25, 0.3) is 0 Å². The summed E-state index contributed by atoms with van der Waals surface area (Å²) in [5.41, 5.74) is 0. The van der Waals surface area contributed by atoms with Crippen LogP contribution in [0.1, 0.15) is 25.7 Å². The molecule has 2 fully saturated rings. The first-order valence-corrected chi connectivity index (χ1v) is 6.66. The standard InChI is InChI=1S/C14H17N3O2/c1-2-13(18)17-10-4-5-11(17)9-12(8-10)19-14-15-6-3-7-16-14/h2-3,6-7,10-12H,1,4-5,8-9H2/t10-,11?,12?/m0/s1. The van der Waals surface area contributed by atoms with E-state index in [4.69, 9.17) is 4.74 Å². The average Bonchev–Trinajstić information content (AvgIpc) is 2.71. The maximum atomic E-state index is 11.8. The molecule has 0 aromatic carbocycles. The van der Waals surface area contributed by atoms with Crippen molar-refractivity contribution in [2.45, 2.75) is 43.9 Å². The van der Waals surface area contributed by atoms with Gasteiger partial charge in [-0.05, 0) is 25.0 Å². The van der Waals surface area contributed by atoms with E-state index in [1.807, 2.05) is 4.90 Å². The quantitative estimate of drug-likeness (QED) is 0.773. The van der Waals surface area contributed by atoms with Gasteiger partial charge in [0.1, 0.15) is 6.10 Å². The number of carbonyl (C=O) groups excluding carboxylic acids is 1. The van der Waals surface area contributed by atoms with Crippen molar-refractivity contribution in [3.05, 3.63) is 31.1 Å². The fourth-order valence-corrected chi connectivity index (χ4v) is 3.18. The van der Waals surface area contributed by atoms with Crippen LogP contribution < -0.4 is 4.74 Å². The molecular formula is C14H17N3O2. The Morgan fingerprint density at radius 1 is 1.32 bits per heavy atom. The molecule has 0 spiro atoms. The maximum Gasteiger partial charge on any atom is 0.316 e. The fourth-order valence-electron chi connectivity index (χ4n) is 3.18. The Bertz CT molecular complexity index is 463. The molecule has 2 saturated heterocycles. The summed E-state index contributed by atoms with van der Waals surface area (Å²) in [6.45, 7) is 3.58. The molecule has 5 nitrogen and oxygen atoms in total. The largest absolute Gasteiger partial charge is 0.460 e. The van der Waals surface area contributed by atoms with Gasteiger partial charge in [-0.2, -0.15) is 0 Å². The summed E-state index contributed by atoms with van der Waals surface area (Å²) in [5.74, 6) is 0.0434. The molecule has 2 aliphatic rings. The normalized spacial score (nSPS) is 29.1. The van der Waals surface area contributed by atoms with Crippen LogP contribution in [0.25, 0.3) is 0 Å². The summed E-state index contributed by atoms with van der Waals surface area (Å²) in [7, 11) is 0. The van der Waals surface area contributed by atoms with Crippen molar-refractivity contribution < 1.29 is 9.53 Å². The minimum absolute atomic E-state index is 0.0434. The fraction of sp³-hybridized carbons (Fsp3) is 0.500. The van der Waals surface area contributed by atoms with E-state index in [1.54, 1.807) is 18.5 Å². The van der Waals surface area contributed by atoms with Crippen LogP contribution in [0.15, 0.2) is 31.1 Å². The van der Waals surface area contributed by atoms with Gasteiger partial charge in [-0.25, -0.2) is 9.97 Å². The van der Waals surface area contributed by atoms with Crippen LogP contribution in [-0.2, 0) is 4.79 Å². The lowest BCUT2D eigenvalue weighted by atomic mass is 9.99. The number of rotatable bonds is 3. The molecule has 1 amide bonds. The van der Waals surface area contributed by atoms with Gasteiger partial charge in [0.15, 0.2) is 0 Å². The van der Waals surface area contributed by atoms with Gasteiger partial charge < -0.3 is 9.64 Å². The number of ether oxygens (including phenoxy) is 1. The average molecular weight is 259 g/mol. The molecule has 3 rings (SSSR count). The first-order valence-electron chi connectivity index (χ1n) is 6.66. The van der Waals surface area contributed by atoms with E-state index in [0.717, 1.165) is 25.7 Å². The molecule has 19 heavy (non-hydrogen) atoms. The number of piperidine rings is 1. The predicted molar refractivity (Wildman–Crippen MR) is 69.5 cm³/mol. The smallest absolute Gasteiger partial charge is 0.316 e. The number of carbonyl (C=O) groups is 1. The molecule has 0 aliphatic carbocycles. The number of aromatic nitrogens is 2. The van der Waals surface area contributed by atoms with Gasteiger partial charge in [-0.3, -0.25) is 4.79 Å². The highest BCUT2D eigenvalue weighted by Crippen LogP contribution is 2.36. The van der Waals surface area contributed by atoms with Crippen molar-refractivity contribution in [1.82, 2.24) is 14.9 Å². The summed E-state index contributed by atoms with van der Waals surface area (Å²) in [6, 6.07) is 2.74. The monoisotopic (exact) mass is 259 g/mol. The molecular weight excluding hydrogens is 242 g/mol. The zero-order valence-corrected chi connectivity index (χ0v) is 10.7. The third kappa shape index (κ3) is 2.32. The van der Waals surface area contributed by atoms with E-state index in [0.29, 0.717) is 6.01 Å². The summed E-state index contributed by atoms with van der Waals surface area (Å²) < 4.78 is 5.81. The van der Waals surface area contributed by atoms with E-state index < -0.39 is 0 Å². The molecule has 1 aromatic rings. The Labute approximate surface area is 112 Å². The van der Waals surface area contributed by atoms with Crippen LogP contribution in [0.2, 0.25) is 0 Å². The van der Waals surface area contributed by atoms with Crippen LogP contribution in [0.5, 0.6) is 6.01 Å². The summed E-state index contributed by atoms with van der Waals surface area (Å²) in [6.07, 6.45) is 8.68. The van der Waals surface area contributed by atoms with Gasteiger partial charge in [0.05, 0.1) is 0 Å².